The lowest BCUT2D eigenvalue weighted by molar-refractivity contribution is -0.0391. The van der Waals surface area contributed by atoms with E-state index in [4.69, 9.17) is 4.74 Å². The van der Waals surface area contributed by atoms with Crippen molar-refractivity contribution in [2.24, 2.45) is 43.3 Å². The van der Waals surface area contributed by atoms with Gasteiger partial charge >= 0.3 is 0 Å². The maximum absolute atomic E-state index is 5.58. The van der Waals surface area contributed by atoms with Gasteiger partial charge in [-0.05, 0) is 450 Å². The van der Waals surface area contributed by atoms with Crippen LogP contribution in [0.1, 0.15) is 205 Å². The lowest BCUT2D eigenvalue weighted by atomic mass is 9.72. The van der Waals surface area contributed by atoms with E-state index in [-0.39, 0.29) is 0 Å². The molecule has 0 amide bonds. The van der Waals surface area contributed by atoms with Crippen molar-refractivity contribution in [2.75, 3.05) is 306 Å². The van der Waals surface area contributed by atoms with Crippen LogP contribution in [0, 0.1) is 43.3 Å². The van der Waals surface area contributed by atoms with E-state index < -0.39 is 0 Å². The van der Waals surface area contributed by atoms with Crippen LogP contribution in [0.5, 0.6) is 0 Å². The van der Waals surface area contributed by atoms with Gasteiger partial charge in [0.15, 0.2) is 0 Å². The summed E-state index contributed by atoms with van der Waals surface area (Å²) < 4.78 is 5.58. The van der Waals surface area contributed by atoms with Crippen molar-refractivity contribution >= 4 is 0 Å². The fourth-order valence-electron chi connectivity index (χ4n) is 23.4. The highest BCUT2D eigenvalue weighted by molar-refractivity contribution is 5.06. The summed E-state index contributed by atoms with van der Waals surface area (Å²) in [5, 5.41) is 27.8. The molecule has 0 bridgehead atoms. The van der Waals surface area contributed by atoms with E-state index in [1.807, 2.05) is 0 Å². The lowest BCUT2D eigenvalue weighted by Crippen LogP contribution is -2.58. The molecule has 0 radical (unpaired) electrons. The Morgan fingerprint density at radius 1 is 0.196 bits per heavy atom. The van der Waals surface area contributed by atoms with Crippen LogP contribution in [0.3, 0.4) is 0 Å². The summed E-state index contributed by atoms with van der Waals surface area (Å²) in [5.41, 5.74) is 6.77. The summed E-state index contributed by atoms with van der Waals surface area (Å²) in [5.74, 6) is 0. The van der Waals surface area contributed by atoms with E-state index in [1.165, 1.54) is 428 Å². The van der Waals surface area contributed by atoms with Gasteiger partial charge in [0.2, 0.25) is 0 Å². The molecule has 19 heteroatoms. The molecule has 20 rings (SSSR count). The zero-order valence-corrected chi connectivity index (χ0v) is 72.0. The minimum atomic E-state index is 0.562. The summed E-state index contributed by atoms with van der Waals surface area (Å²) in [6.45, 7) is 45.7. The van der Waals surface area contributed by atoms with Gasteiger partial charge in [-0.2, -0.15) is 0 Å². The first-order chi connectivity index (χ1) is 51.6. The second kappa shape index (κ2) is 41.4. The fraction of sp³-hybridized carbons (Fsp3) is 1.00. The maximum Gasteiger partial charge on any atom is 0.0523 e. The van der Waals surface area contributed by atoms with Gasteiger partial charge in [0, 0.05) is 96.2 Å². The van der Waals surface area contributed by atoms with Gasteiger partial charge in [-0.1, -0.05) is 12.8 Å². The molecular formula is C88H174N18O. The van der Waals surface area contributed by atoms with Crippen molar-refractivity contribution in [1.82, 2.24) is 91.5 Å². The summed E-state index contributed by atoms with van der Waals surface area (Å²) in [7, 11) is 22.3. The number of nitrogens with one attached hydrogen (secondary N) is 8. The molecule has 0 aromatic heterocycles. The molecule has 622 valence electrons. The van der Waals surface area contributed by atoms with Gasteiger partial charge in [-0.3, -0.25) is 0 Å². The quantitative estimate of drug-likeness (QED) is 0.119. The number of piperazine rings is 1. The Bertz CT molecular complexity index is 2330. The molecule has 107 heavy (non-hydrogen) atoms. The van der Waals surface area contributed by atoms with Gasteiger partial charge in [0.05, 0.1) is 6.61 Å². The Kier molecular flexibility index (Phi) is 33.7. The van der Waals surface area contributed by atoms with E-state index in [1.54, 1.807) is 0 Å². The predicted molar refractivity (Wildman–Crippen MR) is 452 cm³/mol. The first-order valence-corrected chi connectivity index (χ1v) is 45.8. The second-order valence-electron chi connectivity index (χ2n) is 41.3. The minimum absolute atomic E-state index is 0.562. The first-order valence-electron chi connectivity index (χ1n) is 45.8. The van der Waals surface area contributed by atoms with Crippen LogP contribution in [0.25, 0.3) is 0 Å². The Balaban J connectivity index is 0.000000119. The molecule has 2 aliphatic carbocycles. The van der Waals surface area contributed by atoms with E-state index in [0.717, 1.165) is 34.9 Å². The number of rotatable bonds is 0. The standard InChI is InChI=1S/C10H20N2.C10H19NO.C10H19N.3C9H18N2.3C8H16N2.C7H14N2/c1-12-8-4-10(5-9-12)2-6-11-7-3-10;1-11-6-4-10(5-7-11)3-2-8-12-9-10;1-11-8-4-7-10(9-11)5-2-3-6-10;1-11-6-3-9(4-7-11)2-5-10-8-9;1-11-7-4-9(8-11)2-5-10-6-3-9;1-11-7-4-9(5-8-11)3-2-6-10-9;1-10-4-2-8(3-5-10)6-9-7-8;1-10-5-3-8(7-10)2-4-9-6-8;1-10-6-8(7-10)2-4-9-5-3-8;1-9-5-4-8-7(6-9)2-3-7/h11H,2-9H2,1H3;2-9H2,1H3;2-9H2,1H3;3*10H,2-8H2,1H3;3*9H,2-7H2,1H3;8H,2-6H2,1H3. The van der Waals surface area contributed by atoms with Gasteiger partial charge < -0.3 is 96.3 Å². The van der Waals surface area contributed by atoms with E-state index in [0.29, 0.717) is 32.7 Å². The molecule has 2 saturated carbocycles. The number of hydrogen-bond acceptors (Lipinski definition) is 19. The largest absolute Gasteiger partial charge is 0.381 e. The molecule has 18 aliphatic heterocycles. The molecule has 8 N–H and O–H groups in total. The average molecular weight is 1500 g/mol. The smallest absolute Gasteiger partial charge is 0.0523 e. The third-order valence-electron chi connectivity index (χ3n) is 31.9. The van der Waals surface area contributed by atoms with Crippen LogP contribution in [-0.4, -0.2) is 366 Å². The molecule has 20 aliphatic rings. The van der Waals surface area contributed by atoms with Crippen LogP contribution in [-0.2, 0) is 4.74 Å². The zero-order valence-electron chi connectivity index (χ0n) is 72.0. The van der Waals surface area contributed by atoms with E-state index >= 15 is 0 Å². The Labute approximate surface area is 659 Å². The number of likely N-dealkylation sites (N-methyl/N-ethyl adjacent to an activating group) is 1. The molecule has 1 unspecified atom stereocenters. The van der Waals surface area contributed by atoms with Gasteiger partial charge in [-0.25, -0.2) is 0 Å². The van der Waals surface area contributed by atoms with E-state index in [2.05, 4.69) is 162 Å². The number of piperidine rings is 9. The number of ether oxygens (including phenoxy) is 1. The van der Waals surface area contributed by atoms with Crippen LogP contribution < -0.4 is 42.5 Å². The van der Waals surface area contributed by atoms with Crippen molar-refractivity contribution in [2.45, 2.75) is 217 Å². The normalized spacial score (nSPS) is 32.5. The van der Waals surface area contributed by atoms with Crippen LogP contribution in [0.4, 0.5) is 0 Å². The van der Waals surface area contributed by atoms with Crippen molar-refractivity contribution in [3.05, 3.63) is 0 Å². The van der Waals surface area contributed by atoms with Crippen LogP contribution >= 0.6 is 0 Å². The van der Waals surface area contributed by atoms with Crippen LogP contribution in [0.15, 0.2) is 0 Å². The SMILES string of the molecule is CN1CC2(CCNCC2)C1.CN1CCC2(CC1)CNC2.CN1CCC2(CCCN2)CC1.CN1CCC2(CCCOC2)CC1.CN1CCC2(CCNC2)C1.CN1CCC2(CCNC2)CC1.CN1CCC2(CCNCC2)C1.CN1CCC2(CCNCC2)CC1.CN1CCCC2(CCCC2)C1.CN1CCNC2(CC2)C1. The summed E-state index contributed by atoms with van der Waals surface area (Å²) in [6, 6.07) is 0. The van der Waals surface area contributed by atoms with Crippen molar-refractivity contribution in [1.29, 1.82) is 0 Å². The summed E-state index contributed by atoms with van der Waals surface area (Å²) >= 11 is 0. The number of likely N-dealkylation sites (tertiary alicyclic amines) is 9. The van der Waals surface area contributed by atoms with E-state index in [9.17, 15) is 0 Å². The molecular weight excluding hydrogens is 1330 g/mol. The maximum atomic E-state index is 5.58. The molecule has 1 atom stereocenters. The molecule has 18 saturated heterocycles. The minimum Gasteiger partial charge on any atom is -0.381 e. The van der Waals surface area contributed by atoms with Gasteiger partial charge in [0.1, 0.15) is 0 Å². The fourth-order valence-corrected chi connectivity index (χ4v) is 23.4. The third kappa shape index (κ3) is 26.9. The Morgan fingerprint density at radius 2 is 0.551 bits per heavy atom. The second-order valence-corrected chi connectivity index (χ2v) is 41.3. The molecule has 0 aromatic rings. The molecule has 0 aromatic carbocycles. The molecule has 19 nitrogen and oxygen atoms in total. The lowest BCUT2D eigenvalue weighted by Gasteiger charge is -2.51. The monoisotopic (exact) mass is 1500 g/mol. The summed E-state index contributed by atoms with van der Waals surface area (Å²) in [6.07, 6.45) is 45.3. The van der Waals surface area contributed by atoms with Crippen LogP contribution in [0.2, 0.25) is 0 Å². The molecule has 20 fully saturated rings. The van der Waals surface area contributed by atoms with Crippen molar-refractivity contribution < 1.29 is 4.74 Å². The average Bonchev–Trinajstić information content (AvgIpc) is 1.64. The predicted octanol–water partition coefficient (Wildman–Crippen LogP) is 8.04. The zero-order chi connectivity index (χ0) is 75.2. The van der Waals surface area contributed by atoms with Crippen molar-refractivity contribution in [3.63, 3.8) is 0 Å². The first kappa shape index (κ1) is 87.1. The molecule has 18 heterocycles. The highest BCUT2D eigenvalue weighted by atomic mass is 16.5. The highest BCUT2D eigenvalue weighted by Gasteiger charge is 2.47. The van der Waals surface area contributed by atoms with Crippen molar-refractivity contribution in [3.8, 4) is 0 Å². The van der Waals surface area contributed by atoms with Gasteiger partial charge in [0.25, 0.3) is 0 Å². The third-order valence-corrected chi connectivity index (χ3v) is 31.9. The topological polar surface area (TPSA) is 138 Å². The Morgan fingerprint density at radius 3 is 0.953 bits per heavy atom. The molecule has 10 spiro atoms. The van der Waals surface area contributed by atoms with Gasteiger partial charge in [-0.15, -0.1) is 0 Å². The Hall–Kier alpha value is -0.760. The summed E-state index contributed by atoms with van der Waals surface area (Å²) in [4.78, 5) is 24.5. The number of nitrogens with zero attached hydrogens (tertiary/aromatic N) is 10. The highest BCUT2D eigenvalue weighted by Crippen LogP contribution is 2.46. The number of hydrogen-bond donors (Lipinski definition) is 8.